The van der Waals surface area contributed by atoms with Gasteiger partial charge in [-0.25, -0.2) is 4.39 Å². The van der Waals surface area contributed by atoms with Gasteiger partial charge in [-0.3, -0.25) is 4.79 Å². The van der Waals surface area contributed by atoms with Crippen molar-refractivity contribution >= 4 is 18.3 Å². The summed E-state index contributed by atoms with van der Waals surface area (Å²) in [6.45, 7) is 1.80. The summed E-state index contributed by atoms with van der Waals surface area (Å²) in [6.07, 6.45) is 2.61. The Morgan fingerprint density at radius 3 is 2.88 bits per heavy atom. The van der Waals surface area contributed by atoms with Crippen LogP contribution in [0.5, 0.6) is 0 Å². The first kappa shape index (κ1) is 18.4. The second-order valence-electron chi connectivity index (χ2n) is 5.63. The van der Waals surface area contributed by atoms with Gasteiger partial charge in [0.05, 0.1) is 0 Å². The topological polar surface area (TPSA) is 80.0 Å². The van der Waals surface area contributed by atoms with Crippen LogP contribution in [0, 0.1) is 5.82 Å². The number of amides is 1. The van der Waals surface area contributed by atoms with Gasteiger partial charge < -0.3 is 15.2 Å². The molecule has 6 nitrogen and oxygen atoms in total. The zero-order chi connectivity index (χ0) is 16.1. The highest BCUT2D eigenvalue weighted by Gasteiger charge is 2.16. The molecule has 1 fully saturated rings. The van der Waals surface area contributed by atoms with Crippen molar-refractivity contribution in [3.05, 3.63) is 36.0 Å². The fourth-order valence-electron chi connectivity index (χ4n) is 2.55. The predicted octanol–water partition coefficient (Wildman–Crippen LogP) is 2.10. The Balaban J connectivity index is 0.00000208. The summed E-state index contributed by atoms with van der Waals surface area (Å²) >= 11 is 0. The van der Waals surface area contributed by atoms with Crippen LogP contribution in [0.25, 0.3) is 11.4 Å². The Hall–Kier alpha value is -1.99. The molecular weight excluding hydrogens is 335 g/mol. The van der Waals surface area contributed by atoms with Crippen LogP contribution in [0.2, 0.25) is 0 Å². The van der Waals surface area contributed by atoms with Gasteiger partial charge in [0, 0.05) is 31.0 Å². The van der Waals surface area contributed by atoms with Gasteiger partial charge >= 0.3 is 0 Å². The highest BCUT2D eigenvalue weighted by Crippen LogP contribution is 2.16. The highest BCUT2D eigenvalue weighted by molar-refractivity contribution is 5.85. The molecule has 0 aliphatic carbocycles. The van der Waals surface area contributed by atoms with Crippen molar-refractivity contribution in [2.45, 2.75) is 31.7 Å². The van der Waals surface area contributed by atoms with E-state index in [1.54, 1.807) is 12.1 Å². The number of hydrogen-bond acceptors (Lipinski definition) is 5. The molecule has 1 atom stereocenters. The van der Waals surface area contributed by atoms with Crippen molar-refractivity contribution in [1.29, 1.82) is 0 Å². The van der Waals surface area contributed by atoms with E-state index >= 15 is 0 Å². The van der Waals surface area contributed by atoms with Gasteiger partial charge in [0.25, 0.3) is 0 Å². The molecule has 1 aromatic carbocycles. The van der Waals surface area contributed by atoms with Gasteiger partial charge in [0.15, 0.2) is 0 Å². The summed E-state index contributed by atoms with van der Waals surface area (Å²) in [5.41, 5.74) is 0.702. The molecule has 1 aliphatic heterocycles. The van der Waals surface area contributed by atoms with E-state index in [4.69, 9.17) is 4.52 Å². The first-order valence-electron chi connectivity index (χ1n) is 7.79. The molecule has 0 bridgehead atoms. The molecule has 0 radical (unpaired) electrons. The zero-order valence-electron chi connectivity index (χ0n) is 13.1. The van der Waals surface area contributed by atoms with Crippen molar-refractivity contribution in [3.8, 4) is 11.4 Å². The van der Waals surface area contributed by atoms with E-state index in [1.165, 1.54) is 12.1 Å². The normalized spacial score (nSPS) is 16.6. The van der Waals surface area contributed by atoms with Crippen LogP contribution in [0.1, 0.15) is 25.2 Å². The summed E-state index contributed by atoms with van der Waals surface area (Å²) in [5, 5.41) is 10.1. The number of carbonyl (C=O) groups is 1. The van der Waals surface area contributed by atoms with Crippen LogP contribution >= 0.6 is 12.4 Å². The minimum absolute atomic E-state index is 0. The molecular formula is C16H20ClFN4O2. The van der Waals surface area contributed by atoms with Gasteiger partial charge in [-0.2, -0.15) is 4.98 Å². The summed E-state index contributed by atoms with van der Waals surface area (Å²) in [6, 6.07) is 6.16. The molecule has 130 valence electrons. The molecule has 24 heavy (non-hydrogen) atoms. The number of halogens is 2. The maximum Gasteiger partial charge on any atom is 0.226 e. The molecule has 2 aromatic rings. The van der Waals surface area contributed by atoms with Gasteiger partial charge in [0.1, 0.15) is 5.82 Å². The standard InChI is InChI=1S/C16H19FN4O2.ClH/c17-12-6-4-11(5-7-12)16-20-15(23-21-16)3-1-2-14(22)19-13-8-9-18-10-13;/h4-7,13,18H,1-3,8-10H2,(H,19,22);1H. The Kier molecular flexibility index (Phi) is 6.69. The number of aryl methyl sites for hydroxylation is 1. The summed E-state index contributed by atoms with van der Waals surface area (Å²) in [7, 11) is 0. The second-order valence-corrected chi connectivity index (χ2v) is 5.63. The van der Waals surface area contributed by atoms with Crippen LogP contribution in [0.4, 0.5) is 4.39 Å². The Bertz CT molecular complexity index is 656. The molecule has 8 heteroatoms. The monoisotopic (exact) mass is 354 g/mol. The average molecular weight is 355 g/mol. The van der Waals surface area contributed by atoms with E-state index in [2.05, 4.69) is 20.8 Å². The van der Waals surface area contributed by atoms with E-state index in [1.807, 2.05) is 0 Å². The molecule has 2 N–H and O–H groups in total. The van der Waals surface area contributed by atoms with Crippen molar-refractivity contribution in [2.75, 3.05) is 13.1 Å². The largest absolute Gasteiger partial charge is 0.352 e. The van der Waals surface area contributed by atoms with Crippen molar-refractivity contribution in [2.24, 2.45) is 0 Å². The summed E-state index contributed by atoms with van der Waals surface area (Å²) in [5.74, 6) is 0.666. The Labute approximate surface area is 145 Å². The van der Waals surface area contributed by atoms with E-state index in [0.717, 1.165) is 19.5 Å². The molecule has 1 unspecified atom stereocenters. The third-order valence-electron chi connectivity index (χ3n) is 3.79. The lowest BCUT2D eigenvalue weighted by Crippen LogP contribution is -2.36. The lowest BCUT2D eigenvalue weighted by atomic mass is 10.2. The molecule has 3 rings (SSSR count). The minimum Gasteiger partial charge on any atom is -0.352 e. The van der Waals surface area contributed by atoms with E-state index < -0.39 is 0 Å². The van der Waals surface area contributed by atoms with Crippen molar-refractivity contribution in [3.63, 3.8) is 0 Å². The molecule has 1 saturated heterocycles. The van der Waals surface area contributed by atoms with E-state index in [9.17, 15) is 9.18 Å². The summed E-state index contributed by atoms with van der Waals surface area (Å²) in [4.78, 5) is 16.1. The maximum absolute atomic E-state index is 12.9. The Morgan fingerprint density at radius 2 is 2.17 bits per heavy atom. The SMILES string of the molecule is Cl.O=C(CCCc1nc(-c2ccc(F)cc2)no1)NC1CCNC1. The first-order chi connectivity index (χ1) is 11.2. The number of nitrogens with zero attached hydrogens (tertiary/aromatic N) is 2. The van der Waals surface area contributed by atoms with Crippen LogP contribution in [0.15, 0.2) is 28.8 Å². The second kappa shape index (κ2) is 8.75. The van der Waals surface area contributed by atoms with Gasteiger partial charge in [-0.05, 0) is 43.7 Å². The fourth-order valence-corrected chi connectivity index (χ4v) is 2.55. The molecule has 1 amide bonds. The molecule has 0 saturated carbocycles. The lowest BCUT2D eigenvalue weighted by molar-refractivity contribution is -0.121. The third-order valence-corrected chi connectivity index (χ3v) is 3.79. The van der Waals surface area contributed by atoms with Gasteiger partial charge in [0.2, 0.25) is 17.6 Å². The van der Waals surface area contributed by atoms with Crippen LogP contribution in [-0.2, 0) is 11.2 Å². The number of aromatic nitrogens is 2. The molecule has 2 heterocycles. The highest BCUT2D eigenvalue weighted by atomic mass is 35.5. The minimum atomic E-state index is -0.305. The smallest absolute Gasteiger partial charge is 0.226 e. The summed E-state index contributed by atoms with van der Waals surface area (Å²) < 4.78 is 18.1. The quantitative estimate of drug-likeness (QED) is 0.830. The first-order valence-corrected chi connectivity index (χ1v) is 7.79. The van der Waals surface area contributed by atoms with Crippen molar-refractivity contribution < 1.29 is 13.7 Å². The third kappa shape index (κ3) is 5.01. The number of carbonyl (C=O) groups excluding carboxylic acids is 1. The lowest BCUT2D eigenvalue weighted by Gasteiger charge is -2.10. The Morgan fingerprint density at radius 1 is 1.38 bits per heavy atom. The van der Waals surface area contributed by atoms with Crippen LogP contribution in [-0.4, -0.2) is 35.2 Å². The predicted molar refractivity (Wildman–Crippen MR) is 89.3 cm³/mol. The molecule has 1 aliphatic rings. The fraction of sp³-hybridized carbons (Fsp3) is 0.438. The number of hydrogen-bond donors (Lipinski definition) is 2. The van der Waals surface area contributed by atoms with Gasteiger partial charge in [-0.15, -0.1) is 12.4 Å². The average Bonchev–Trinajstić information content (AvgIpc) is 3.20. The van der Waals surface area contributed by atoms with E-state index in [0.29, 0.717) is 36.5 Å². The maximum atomic E-state index is 12.9. The molecule has 1 aromatic heterocycles. The van der Waals surface area contributed by atoms with E-state index in [-0.39, 0.29) is 30.2 Å². The van der Waals surface area contributed by atoms with Gasteiger partial charge in [-0.1, -0.05) is 5.16 Å². The van der Waals surface area contributed by atoms with Crippen LogP contribution < -0.4 is 10.6 Å². The van der Waals surface area contributed by atoms with Crippen molar-refractivity contribution in [1.82, 2.24) is 20.8 Å². The molecule has 0 spiro atoms. The number of rotatable bonds is 6. The number of nitrogens with one attached hydrogen (secondary N) is 2. The zero-order valence-corrected chi connectivity index (χ0v) is 13.9. The van der Waals surface area contributed by atoms with Crippen LogP contribution in [0.3, 0.4) is 0 Å². The number of benzene rings is 1.